The third-order valence-electron chi connectivity index (χ3n) is 3.92. The smallest absolute Gasteiger partial charge is 0.0506 e. The molecule has 2 atom stereocenters. The summed E-state index contributed by atoms with van der Waals surface area (Å²) in [7, 11) is 2.27. The Balaban J connectivity index is 2.35. The first-order chi connectivity index (χ1) is 8.65. The molecule has 0 aromatic heterocycles. The fraction of sp³-hybridized carbons (Fsp3) is 1.00. The average molecular weight is 256 g/mol. The zero-order chi connectivity index (χ0) is 13.4. The van der Waals surface area contributed by atoms with Gasteiger partial charge in [-0.05, 0) is 44.7 Å². The third-order valence-corrected chi connectivity index (χ3v) is 3.92. The molecule has 1 heterocycles. The van der Waals surface area contributed by atoms with Crippen LogP contribution in [0.1, 0.15) is 40.0 Å². The number of likely N-dealkylation sites (N-methyl/N-ethyl adjacent to an activating group) is 1. The quantitative estimate of drug-likeness (QED) is 0.675. The summed E-state index contributed by atoms with van der Waals surface area (Å²) in [6.07, 6.45) is 3.78. The van der Waals surface area contributed by atoms with E-state index in [0.717, 1.165) is 32.2 Å². The Morgan fingerprint density at radius 1 is 1.39 bits per heavy atom. The van der Waals surface area contributed by atoms with Crippen LogP contribution in [0.2, 0.25) is 0 Å². The van der Waals surface area contributed by atoms with Crippen LogP contribution < -0.4 is 5.32 Å². The highest BCUT2D eigenvalue weighted by atomic mass is 16.5. The molecule has 0 aromatic rings. The molecule has 2 unspecified atom stereocenters. The van der Waals surface area contributed by atoms with Crippen molar-refractivity contribution in [3.8, 4) is 0 Å². The van der Waals surface area contributed by atoms with Crippen molar-refractivity contribution < 1.29 is 4.74 Å². The summed E-state index contributed by atoms with van der Waals surface area (Å²) < 4.78 is 5.58. The molecule has 1 aliphatic rings. The Kier molecular flexibility index (Phi) is 7.87. The molecule has 0 amide bonds. The summed E-state index contributed by atoms with van der Waals surface area (Å²) in [6.45, 7) is 12.2. The lowest BCUT2D eigenvalue weighted by Gasteiger charge is -2.35. The molecule has 3 nitrogen and oxygen atoms in total. The number of hydrogen-bond donors (Lipinski definition) is 1. The summed E-state index contributed by atoms with van der Waals surface area (Å²) >= 11 is 0. The molecule has 1 saturated heterocycles. The van der Waals surface area contributed by atoms with Crippen LogP contribution in [-0.4, -0.2) is 50.8 Å². The number of hydrogen-bond acceptors (Lipinski definition) is 3. The van der Waals surface area contributed by atoms with Gasteiger partial charge in [0.15, 0.2) is 0 Å². The minimum atomic E-state index is 0.637. The lowest BCUT2D eigenvalue weighted by atomic mass is 9.98. The van der Waals surface area contributed by atoms with Crippen LogP contribution >= 0.6 is 0 Å². The fourth-order valence-electron chi connectivity index (χ4n) is 2.82. The molecule has 3 heteroatoms. The van der Waals surface area contributed by atoms with Gasteiger partial charge in [-0.15, -0.1) is 0 Å². The molecular formula is C15H32N2O. The van der Waals surface area contributed by atoms with E-state index in [2.05, 4.69) is 38.0 Å². The van der Waals surface area contributed by atoms with Gasteiger partial charge >= 0.3 is 0 Å². The first kappa shape index (κ1) is 15.9. The van der Waals surface area contributed by atoms with E-state index in [1.165, 1.54) is 25.8 Å². The molecule has 0 aromatic carbocycles. The second-order valence-electron chi connectivity index (χ2n) is 6.04. The minimum Gasteiger partial charge on any atom is -0.381 e. The molecule has 18 heavy (non-hydrogen) atoms. The van der Waals surface area contributed by atoms with E-state index in [-0.39, 0.29) is 0 Å². The highest BCUT2D eigenvalue weighted by molar-refractivity contribution is 4.77. The molecule has 0 radical (unpaired) electrons. The highest BCUT2D eigenvalue weighted by Gasteiger charge is 2.22. The maximum absolute atomic E-state index is 5.58. The van der Waals surface area contributed by atoms with Gasteiger partial charge in [-0.2, -0.15) is 0 Å². The zero-order valence-corrected chi connectivity index (χ0v) is 12.7. The van der Waals surface area contributed by atoms with E-state index in [0.29, 0.717) is 12.0 Å². The molecule has 1 fully saturated rings. The Hall–Kier alpha value is -0.120. The van der Waals surface area contributed by atoms with Gasteiger partial charge in [-0.25, -0.2) is 0 Å². The number of nitrogens with zero attached hydrogens (tertiary/aromatic N) is 1. The standard InChI is InChI=1S/C15H32N2O/c1-5-8-16-10-15(13(2)3)17(4)11-14-7-6-9-18-12-14/h13-16H,5-12H2,1-4H3. The molecule has 1 rings (SSSR count). The van der Waals surface area contributed by atoms with Crippen LogP contribution in [0.15, 0.2) is 0 Å². The Morgan fingerprint density at radius 2 is 2.17 bits per heavy atom. The van der Waals surface area contributed by atoms with Crippen molar-refractivity contribution in [3.05, 3.63) is 0 Å². The molecule has 1 N–H and O–H groups in total. The first-order valence-corrected chi connectivity index (χ1v) is 7.63. The van der Waals surface area contributed by atoms with Crippen molar-refractivity contribution in [1.82, 2.24) is 10.2 Å². The van der Waals surface area contributed by atoms with Gasteiger partial charge in [0.1, 0.15) is 0 Å². The largest absolute Gasteiger partial charge is 0.381 e. The SMILES string of the molecule is CCCNCC(C(C)C)N(C)CC1CCCOC1. The molecule has 0 aliphatic carbocycles. The second-order valence-corrected chi connectivity index (χ2v) is 6.04. The predicted molar refractivity (Wildman–Crippen MR) is 78.0 cm³/mol. The van der Waals surface area contributed by atoms with E-state index in [4.69, 9.17) is 4.74 Å². The third kappa shape index (κ3) is 5.68. The Labute approximate surface area is 113 Å². The van der Waals surface area contributed by atoms with E-state index < -0.39 is 0 Å². The van der Waals surface area contributed by atoms with Gasteiger partial charge in [0.05, 0.1) is 6.61 Å². The van der Waals surface area contributed by atoms with E-state index in [9.17, 15) is 0 Å². The van der Waals surface area contributed by atoms with E-state index in [1.54, 1.807) is 0 Å². The van der Waals surface area contributed by atoms with Crippen LogP contribution in [0.3, 0.4) is 0 Å². The van der Waals surface area contributed by atoms with Gasteiger partial charge < -0.3 is 15.0 Å². The maximum atomic E-state index is 5.58. The minimum absolute atomic E-state index is 0.637. The Morgan fingerprint density at radius 3 is 2.72 bits per heavy atom. The van der Waals surface area contributed by atoms with Crippen molar-refractivity contribution in [1.29, 1.82) is 0 Å². The summed E-state index contributed by atoms with van der Waals surface area (Å²) in [6, 6.07) is 0.637. The van der Waals surface area contributed by atoms with Gasteiger partial charge in [0, 0.05) is 25.7 Å². The first-order valence-electron chi connectivity index (χ1n) is 7.63. The molecule has 0 bridgehead atoms. The summed E-state index contributed by atoms with van der Waals surface area (Å²) in [5.41, 5.74) is 0. The number of ether oxygens (including phenoxy) is 1. The molecule has 0 saturated carbocycles. The maximum Gasteiger partial charge on any atom is 0.0506 e. The van der Waals surface area contributed by atoms with Gasteiger partial charge in [0.25, 0.3) is 0 Å². The zero-order valence-electron chi connectivity index (χ0n) is 12.7. The molecular weight excluding hydrogens is 224 g/mol. The van der Waals surface area contributed by atoms with Crippen molar-refractivity contribution in [2.75, 3.05) is 39.9 Å². The highest BCUT2D eigenvalue weighted by Crippen LogP contribution is 2.17. The Bertz CT molecular complexity index is 203. The number of rotatable bonds is 8. The van der Waals surface area contributed by atoms with Gasteiger partial charge in [-0.3, -0.25) is 0 Å². The van der Waals surface area contributed by atoms with Crippen LogP contribution in [0.4, 0.5) is 0 Å². The summed E-state index contributed by atoms with van der Waals surface area (Å²) in [4.78, 5) is 2.53. The van der Waals surface area contributed by atoms with Crippen LogP contribution in [0.5, 0.6) is 0 Å². The molecule has 108 valence electrons. The lowest BCUT2D eigenvalue weighted by molar-refractivity contribution is 0.0324. The van der Waals surface area contributed by atoms with Gasteiger partial charge in [-0.1, -0.05) is 20.8 Å². The normalized spacial score (nSPS) is 22.7. The fourth-order valence-corrected chi connectivity index (χ4v) is 2.82. The topological polar surface area (TPSA) is 24.5 Å². The van der Waals surface area contributed by atoms with Crippen molar-refractivity contribution in [2.24, 2.45) is 11.8 Å². The predicted octanol–water partition coefficient (Wildman–Crippen LogP) is 2.37. The summed E-state index contributed by atoms with van der Waals surface area (Å²) in [5.74, 6) is 1.43. The monoisotopic (exact) mass is 256 g/mol. The van der Waals surface area contributed by atoms with Crippen LogP contribution in [0.25, 0.3) is 0 Å². The summed E-state index contributed by atoms with van der Waals surface area (Å²) in [5, 5.41) is 3.56. The van der Waals surface area contributed by atoms with Crippen LogP contribution in [-0.2, 0) is 4.74 Å². The molecule has 0 spiro atoms. The second kappa shape index (κ2) is 8.89. The lowest BCUT2D eigenvalue weighted by Crippen LogP contribution is -2.46. The number of nitrogens with one attached hydrogen (secondary N) is 1. The average Bonchev–Trinajstić information content (AvgIpc) is 2.35. The van der Waals surface area contributed by atoms with Crippen LogP contribution in [0, 0.1) is 11.8 Å². The van der Waals surface area contributed by atoms with Crippen molar-refractivity contribution in [2.45, 2.75) is 46.1 Å². The van der Waals surface area contributed by atoms with Gasteiger partial charge in [0.2, 0.25) is 0 Å². The molecule has 1 aliphatic heterocycles. The van der Waals surface area contributed by atoms with E-state index in [1.807, 2.05) is 0 Å². The van der Waals surface area contributed by atoms with Crippen molar-refractivity contribution >= 4 is 0 Å². The van der Waals surface area contributed by atoms with E-state index >= 15 is 0 Å². The van der Waals surface area contributed by atoms with Crippen molar-refractivity contribution in [3.63, 3.8) is 0 Å².